The van der Waals surface area contributed by atoms with Gasteiger partial charge in [0.05, 0.1) is 38.7 Å². The predicted molar refractivity (Wildman–Crippen MR) is 194 cm³/mol. The summed E-state index contributed by atoms with van der Waals surface area (Å²) >= 11 is 6.75. The molecule has 2 amide bonds. The molecule has 1 heterocycles. The van der Waals surface area contributed by atoms with E-state index in [-0.39, 0.29) is 12.2 Å². The van der Waals surface area contributed by atoms with Gasteiger partial charge in [-0.3, -0.25) is 5.43 Å². The van der Waals surface area contributed by atoms with Gasteiger partial charge in [-0.05, 0) is 135 Å². The van der Waals surface area contributed by atoms with Gasteiger partial charge in [-0.25, -0.2) is 9.59 Å². The standard InChI is InChI=1S/C31H31I3N4O7/c1-4-43-25-13-20(28-27(30(40)42-3)17(2)36-31(41)37-28)7-10-24(25)44-16-26(39)38-35-14-19-11-22(33)29(23(34)12-19)45-15-18-5-8-21(32)9-6-18/h5-14,26,28,38-39H,4,15-16H2,1-3H3,(H2,36,37,41)/b35-14-/t26-,28-/m1/s1. The van der Waals surface area contributed by atoms with Gasteiger partial charge in [-0.2, -0.15) is 5.10 Å². The number of benzene rings is 3. The lowest BCUT2D eigenvalue weighted by Gasteiger charge is -2.28. The number of nitrogens with one attached hydrogen (secondary N) is 3. The van der Waals surface area contributed by atoms with Gasteiger partial charge in [0.25, 0.3) is 0 Å². The molecule has 3 aromatic carbocycles. The number of hydrogen-bond donors (Lipinski definition) is 4. The van der Waals surface area contributed by atoms with Crippen LogP contribution in [0.3, 0.4) is 0 Å². The Morgan fingerprint density at radius 3 is 2.42 bits per heavy atom. The van der Waals surface area contributed by atoms with Crippen LogP contribution in [0.5, 0.6) is 17.2 Å². The number of amides is 2. The zero-order chi connectivity index (χ0) is 32.5. The Bertz CT molecular complexity index is 1580. The third kappa shape index (κ3) is 9.58. The number of carbonyl (C=O) groups is 2. The smallest absolute Gasteiger partial charge is 0.337 e. The molecule has 0 saturated carbocycles. The number of hydrogen-bond acceptors (Lipinski definition) is 9. The second-order valence-corrected chi connectivity index (χ2v) is 13.2. The average molecular weight is 952 g/mol. The third-order valence-electron chi connectivity index (χ3n) is 6.43. The van der Waals surface area contributed by atoms with Crippen LogP contribution in [-0.4, -0.2) is 49.9 Å². The van der Waals surface area contributed by atoms with Gasteiger partial charge in [-0.15, -0.1) is 0 Å². The molecule has 1 aliphatic rings. The second kappa shape index (κ2) is 16.6. The average Bonchev–Trinajstić information content (AvgIpc) is 3.00. The van der Waals surface area contributed by atoms with E-state index in [2.05, 4.69) is 101 Å². The molecule has 0 radical (unpaired) electrons. The van der Waals surface area contributed by atoms with Crippen molar-refractivity contribution in [3.05, 3.63) is 93.3 Å². The number of allylic oxidation sites excluding steroid dienone is 1. The van der Waals surface area contributed by atoms with Crippen molar-refractivity contribution in [2.75, 3.05) is 20.3 Å². The van der Waals surface area contributed by atoms with E-state index in [0.29, 0.717) is 36.0 Å². The molecule has 45 heavy (non-hydrogen) atoms. The molecule has 3 aromatic rings. The fourth-order valence-electron chi connectivity index (χ4n) is 4.35. The Hall–Kier alpha value is -2.84. The van der Waals surface area contributed by atoms with E-state index in [4.69, 9.17) is 18.9 Å². The van der Waals surface area contributed by atoms with Gasteiger partial charge in [0, 0.05) is 9.27 Å². The molecule has 11 nitrogen and oxygen atoms in total. The highest BCUT2D eigenvalue weighted by molar-refractivity contribution is 14.1. The lowest BCUT2D eigenvalue weighted by Crippen LogP contribution is -2.45. The minimum absolute atomic E-state index is 0.131. The molecule has 0 aromatic heterocycles. The first-order chi connectivity index (χ1) is 21.6. The van der Waals surface area contributed by atoms with Gasteiger partial charge in [0.2, 0.25) is 0 Å². The fraction of sp³-hybridized carbons (Fsp3) is 0.258. The first kappa shape index (κ1) is 35.0. The van der Waals surface area contributed by atoms with E-state index in [9.17, 15) is 14.7 Å². The van der Waals surface area contributed by atoms with Crippen LogP contribution in [0.4, 0.5) is 4.79 Å². The van der Waals surface area contributed by atoms with Crippen molar-refractivity contribution in [1.29, 1.82) is 0 Å². The number of hydrazone groups is 1. The maximum Gasteiger partial charge on any atom is 0.337 e. The van der Waals surface area contributed by atoms with E-state index in [1.807, 2.05) is 31.2 Å². The molecule has 1 aliphatic heterocycles. The SMILES string of the molecule is CCOc1cc([C@H]2NC(=O)NC(C)=C2C(=O)OC)ccc1OC[C@@H](O)N/N=C\c1cc(I)c(OCc2ccc(I)cc2)c(I)c1. The molecule has 0 spiro atoms. The number of ether oxygens (including phenoxy) is 4. The van der Waals surface area contributed by atoms with Gasteiger partial charge in [0.1, 0.15) is 19.0 Å². The maximum absolute atomic E-state index is 12.5. The molecular formula is C31H31I3N4O7. The highest BCUT2D eigenvalue weighted by Gasteiger charge is 2.32. The van der Waals surface area contributed by atoms with E-state index in [1.54, 1.807) is 31.3 Å². The van der Waals surface area contributed by atoms with Crippen LogP contribution in [-0.2, 0) is 16.1 Å². The van der Waals surface area contributed by atoms with Gasteiger partial charge in [-0.1, -0.05) is 18.2 Å². The number of aliphatic hydroxyl groups is 1. The number of halogens is 3. The van der Waals surface area contributed by atoms with Crippen molar-refractivity contribution in [3.8, 4) is 17.2 Å². The van der Waals surface area contributed by atoms with Gasteiger partial charge in [0.15, 0.2) is 17.7 Å². The molecule has 238 valence electrons. The first-order valence-corrected chi connectivity index (χ1v) is 16.9. The Kier molecular flexibility index (Phi) is 13.0. The lowest BCUT2D eigenvalue weighted by atomic mass is 9.95. The van der Waals surface area contributed by atoms with Crippen molar-refractivity contribution in [3.63, 3.8) is 0 Å². The molecule has 14 heteroatoms. The van der Waals surface area contributed by atoms with E-state index in [0.717, 1.165) is 24.0 Å². The quantitative estimate of drug-likeness (QED) is 0.0572. The summed E-state index contributed by atoms with van der Waals surface area (Å²) < 4.78 is 25.6. The summed E-state index contributed by atoms with van der Waals surface area (Å²) in [4.78, 5) is 24.6. The lowest BCUT2D eigenvalue weighted by molar-refractivity contribution is -0.136. The summed E-state index contributed by atoms with van der Waals surface area (Å²) in [6, 6.07) is 15.9. The van der Waals surface area contributed by atoms with E-state index in [1.165, 1.54) is 10.7 Å². The molecule has 4 N–H and O–H groups in total. The van der Waals surface area contributed by atoms with Crippen LogP contribution in [0.25, 0.3) is 0 Å². The number of aliphatic hydroxyl groups excluding tert-OH is 1. The summed E-state index contributed by atoms with van der Waals surface area (Å²) in [7, 11) is 1.28. The monoisotopic (exact) mass is 952 g/mol. The Balaban J connectivity index is 1.37. The van der Waals surface area contributed by atoms with Crippen molar-refractivity contribution < 1.29 is 33.6 Å². The Morgan fingerprint density at radius 2 is 1.76 bits per heavy atom. The van der Waals surface area contributed by atoms with E-state index >= 15 is 0 Å². The molecule has 0 fully saturated rings. The molecule has 0 aliphatic carbocycles. The number of nitrogens with zero attached hydrogens (tertiary/aromatic N) is 1. The highest BCUT2D eigenvalue weighted by Crippen LogP contribution is 2.35. The van der Waals surface area contributed by atoms with Crippen LogP contribution in [0.1, 0.15) is 36.6 Å². The molecule has 0 unspecified atom stereocenters. The molecule has 0 bridgehead atoms. The largest absolute Gasteiger partial charge is 0.490 e. The topological polar surface area (TPSA) is 140 Å². The molecule has 0 saturated heterocycles. The number of esters is 1. The minimum atomic E-state index is -1.12. The van der Waals surface area contributed by atoms with Crippen LogP contribution in [0.2, 0.25) is 0 Å². The van der Waals surface area contributed by atoms with Crippen molar-refractivity contribution in [1.82, 2.24) is 16.1 Å². The van der Waals surface area contributed by atoms with Crippen molar-refractivity contribution in [2.45, 2.75) is 32.7 Å². The zero-order valence-corrected chi connectivity index (χ0v) is 31.0. The summed E-state index contributed by atoms with van der Waals surface area (Å²) in [6.07, 6.45) is 0.490. The Labute approximate surface area is 301 Å². The summed E-state index contributed by atoms with van der Waals surface area (Å²) in [6.45, 7) is 4.14. The van der Waals surface area contributed by atoms with Crippen LogP contribution in [0.15, 0.2) is 71.0 Å². The van der Waals surface area contributed by atoms with Gasteiger partial charge < -0.3 is 34.7 Å². The van der Waals surface area contributed by atoms with Gasteiger partial charge >= 0.3 is 12.0 Å². The van der Waals surface area contributed by atoms with Crippen molar-refractivity contribution >= 4 is 86.0 Å². The van der Waals surface area contributed by atoms with E-state index < -0.39 is 24.3 Å². The summed E-state index contributed by atoms with van der Waals surface area (Å²) in [5, 5.41) is 20.0. The summed E-state index contributed by atoms with van der Waals surface area (Å²) in [5.41, 5.74) is 5.86. The predicted octanol–water partition coefficient (Wildman–Crippen LogP) is 5.60. The maximum atomic E-state index is 12.5. The highest BCUT2D eigenvalue weighted by atomic mass is 127. The first-order valence-electron chi connectivity index (χ1n) is 13.7. The van der Waals surface area contributed by atoms with Crippen LogP contribution >= 0.6 is 67.8 Å². The molecule has 4 rings (SSSR count). The minimum Gasteiger partial charge on any atom is -0.490 e. The number of carbonyl (C=O) groups excluding carboxylic acids is 2. The van der Waals surface area contributed by atoms with Crippen LogP contribution < -0.4 is 30.3 Å². The number of rotatable bonds is 13. The Morgan fingerprint density at radius 1 is 1.04 bits per heavy atom. The fourth-order valence-corrected chi connectivity index (χ4v) is 6.84. The second-order valence-electron chi connectivity index (χ2n) is 9.64. The number of urea groups is 1. The zero-order valence-electron chi connectivity index (χ0n) is 24.5. The molecular weight excluding hydrogens is 921 g/mol. The summed E-state index contributed by atoms with van der Waals surface area (Å²) in [5.74, 6) is 0.994. The number of methoxy groups -OCH3 is 1. The normalized spacial score (nSPS) is 15.3. The third-order valence-corrected chi connectivity index (χ3v) is 8.75. The molecule has 2 atom stereocenters. The van der Waals surface area contributed by atoms with Crippen molar-refractivity contribution in [2.24, 2.45) is 5.10 Å². The van der Waals surface area contributed by atoms with Crippen LogP contribution in [0, 0.1) is 10.7 Å².